The van der Waals surface area contributed by atoms with Gasteiger partial charge in [0.1, 0.15) is 0 Å². The topological polar surface area (TPSA) is 65.2 Å². The lowest BCUT2D eigenvalue weighted by Crippen LogP contribution is -2.35. The number of hydrogen-bond donors (Lipinski definition) is 2. The second-order valence-electron chi connectivity index (χ2n) is 6.57. The maximum atomic E-state index is 13.7. The molecule has 28 heavy (non-hydrogen) atoms. The summed E-state index contributed by atoms with van der Waals surface area (Å²) < 4.78 is 39.9. The van der Waals surface area contributed by atoms with Crippen molar-refractivity contribution in [3.05, 3.63) is 64.6 Å². The Morgan fingerprint density at radius 3 is 2.50 bits per heavy atom. The number of hydrogen-bond acceptors (Lipinski definition) is 2. The molecule has 3 aromatic rings. The van der Waals surface area contributed by atoms with Gasteiger partial charge >= 0.3 is 0 Å². The first-order valence-corrected chi connectivity index (χ1v) is 8.46. The van der Waals surface area contributed by atoms with Gasteiger partial charge in [-0.25, -0.2) is 13.2 Å². The lowest BCUT2D eigenvalue weighted by Gasteiger charge is -2.17. The summed E-state index contributed by atoms with van der Waals surface area (Å²) in [5.74, 6) is -5.66. The summed E-state index contributed by atoms with van der Waals surface area (Å²) >= 11 is 0. The normalized spacial score (nSPS) is 10.9. The smallest absolute Gasteiger partial charge is 0.254 e. The van der Waals surface area contributed by atoms with Crippen molar-refractivity contribution in [2.75, 3.05) is 18.9 Å². The van der Waals surface area contributed by atoms with E-state index in [2.05, 4.69) is 10.3 Å². The number of carbonyl (C=O) groups excluding carboxylic acids is 2. The largest absolute Gasteiger partial charge is 0.358 e. The number of aromatic nitrogens is 1. The Hall–Kier alpha value is -3.29. The van der Waals surface area contributed by atoms with E-state index in [1.165, 1.54) is 7.05 Å². The van der Waals surface area contributed by atoms with Gasteiger partial charge in [0.15, 0.2) is 17.5 Å². The summed E-state index contributed by atoms with van der Waals surface area (Å²) in [4.78, 5) is 29.1. The fourth-order valence-corrected chi connectivity index (χ4v) is 2.91. The second kappa shape index (κ2) is 7.38. The number of fused-ring (bicyclic) bond motifs is 1. The van der Waals surface area contributed by atoms with Crippen molar-refractivity contribution >= 4 is 28.4 Å². The quantitative estimate of drug-likeness (QED) is 0.665. The number of nitrogens with one attached hydrogen (secondary N) is 2. The molecule has 0 aliphatic carbocycles. The standard InChI is InChI=1S/C20H18F3N3O2/c1-10-11(2)24-15-6-4-12(8-13(10)15)20(28)26(3)9-17(27)25-16-7-5-14(21)18(22)19(16)23/h4-8,24H,9H2,1-3H3,(H,25,27). The number of nitrogens with zero attached hydrogens (tertiary/aromatic N) is 1. The second-order valence-corrected chi connectivity index (χ2v) is 6.57. The number of halogens is 3. The number of H-pyrrole nitrogens is 1. The molecule has 2 N–H and O–H groups in total. The summed E-state index contributed by atoms with van der Waals surface area (Å²) in [6.45, 7) is 3.49. The van der Waals surface area contributed by atoms with Crippen LogP contribution in [0.25, 0.3) is 10.9 Å². The molecule has 3 rings (SSSR count). The molecule has 0 fully saturated rings. The zero-order chi connectivity index (χ0) is 20.6. The number of aromatic amines is 1. The van der Waals surface area contributed by atoms with Crippen molar-refractivity contribution in [3.63, 3.8) is 0 Å². The van der Waals surface area contributed by atoms with Crippen molar-refractivity contribution in [2.24, 2.45) is 0 Å². The summed E-state index contributed by atoms with van der Waals surface area (Å²) in [6, 6.07) is 6.79. The van der Waals surface area contributed by atoms with Gasteiger partial charge in [0.25, 0.3) is 5.91 Å². The van der Waals surface area contributed by atoms with Crippen molar-refractivity contribution in [2.45, 2.75) is 13.8 Å². The van der Waals surface area contributed by atoms with Crippen LogP contribution in [0.3, 0.4) is 0 Å². The maximum Gasteiger partial charge on any atom is 0.254 e. The third kappa shape index (κ3) is 3.58. The zero-order valence-electron chi connectivity index (χ0n) is 15.5. The van der Waals surface area contributed by atoms with Crippen LogP contribution in [0.1, 0.15) is 21.6 Å². The average Bonchev–Trinajstić information content (AvgIpc) is 2.95. The first-order chi connectivity index (χ1) is 13.2. The predicted molar refractivity (Wildman–Crippen MR) is 99.7 cm³/mol. The van der Waals surface area contributed by atoms with E-state index in [0.717, 1.165) is 33.1 Å². The Morgan fingerprint density at radius 2 is 1.79 bits per heavy atom. The lowest BCUT2D eigenvalue weighted by molar-refractivity contribution is -0.116. The maximum absolute atomic E-state index is 13.7. The van der Waals surface area contributed by atoms with Crippen molar-refractivity contribution in [1.29, 1.82) is 0 Å². The van der Waals surface area contributed by atoms with Crippen molar-refractivity contribution < 1.29 is 22.8 Å². The van der Waals surface area contributed by atoms with Gasteiger partial charge in [-0.1, -0.05) is 0 Å². The van der Waals surface area contributed by atoms with E-state index in [4.69, 9.17) is 0 Å². The lowest BCUT2D eigenvalue weighted by atomic mass is 10.1. The Labute approximate surface area is 159 Å². The predicted octanol–water partition coefficient (Wildman–Crippen LogP) is 3.91. The van der Waals surface area contributed by atoms with Gasteiger partial charge in [-0.05, 0) is 49.7 Å². The van der Waals surface area contributed by atoms with Gasteiger partial charge in [-0.3, -0.25) is 9.59 Å². The Kier molecular flexibility index (Phi) is 5.13. The minimum atomic E-state index is -1.67. The minimum Gasteiger partial charge on any atom is -0.358 e. The fraction of sp³-hybridized carbons (Fsp3) is 0.200. The summed E-state index contributed by atoms with van der Waals surface area (Å²) in [5.41, 5.74) is 2.83. The van der Waals surface area contributed by atoms with Gasteiger partial charge in [0, 0.05) is 29.2 Å². The molecule has 0 saturated carbocycles. The fourth-order valence-electron chi connectivity index (χ4n) is 2.91. The molecule has 0 radical (unpaired) electrons. The molecule has 0 unspecified atom stereocenters. The molecule has 0 aliphatic heterocycles. The highest BCUT2D eigenvalue weighted by atomic mass is 19.2. The molecule has 2 aromatic carbocycles. The van der Waals surface area contributed by atoms with Gasteiger partial charge in [-0.15, -0.1) is 0 Å². The van der Waals surface area contributed by atoms with Crippen LogP contribution in [-0.2, 0) is 4.79 Å². The van der Waals surface area contributed by atoms with E-state index in [0.29, 0.717) is 11.6 Å². The Morgan fingerprint density at radius 1 is 1.07 bits per heavy atom. The monoisotopic (exact) mass is 389 g/mol. The van der Waals surface area contributed by atoms with E-state index in [-0.39, 0.29) is 6.54 Å². The van der Waals surface area contributed by atoms with Crippen LogP contribution in [0.4, 0.5) is 18.9 Å². The summed E-state index contributed by atoms with van der Waals surface area (Å²) in [7, 11) is 1.42. The van der Waals surface area contributed by atoms with E-state index >= 15 is 0 Å². The van der Waals surface area contributed by atoms with Crippen molar-refractivity contribution in [1.82, 2.24) is 9.88 Å². The third-order valence-corrected chi connectivity index (χ3v) is 4.59. The number of rotatable bonds is 4. The molecule has 8 heteroatoms. The highest BCUT2D eigenvalue weighted by molar-refractivity contribution is 6.01. The van der Waals surface area contributed by atoms with Crippen LogP contribution in [0.2, 0.25) is 0 Å². The molecule has 1 aromatic heterocycles. The average molecular weight is 389 g/mol. The molecule has 0 bridgehead atoms. The van der Waals surface area contributed by atoms with Gasteiger partial charge in [0.05, 0.1) is 12.2 Å². The number of carbonyl (C=O) groups is 2. The van der Waals surface area contributed by atoms with Gasteiger partial charge in [0.2, 0.25) is 5.91 Å². The van der Waals surface area contributed by atoms with E-state index in [9.17, 15) is 22.8 Å². The molecule has 146 valence electrons. The molecule has 0 spiro atoms. The highest BCUT2D eigenvalue weighted by Crippen LogP contribution is 2.23. The molecule has 0 saturated heterocycles. The number of anilines is 1. The molecule has 0 atom stereocenters. The molecule has 5 nitrogen and oxygen atoms in total. The molecule has 0 aliphatic rings. The molecule has 1 heterocycles. The van der Waals surface area contributed by atoms with Crippen LogP contribution in [0.15, 0.2) is 30.3 Å². The van der Waals surface area contributed by atoms with E-state index < -0.39 is 35.0 Å². The first-order valence-electron chi connectivity index (χ1n) is 8.46. The molecular formula is C20H18F3N3O2. The van der Waals surface area contributed by atoms with Crippen LogP contribution in [0, 0.1) is 31.3 Å². The summed E-state index contributed by atoms with van der Waals surface area (Å²) in [5, 5.41) is 3.05. The Bertz CT molecular complexity index is 1090. The minimum absolute atomic E-state index is 0.388. The molecular weight excluding hydrogens is 371 g/mol. The van der Waals surface area contributed by atoms with Crippen molar-refractivity contribution in [3.8, 4) is 0 Å². The zero-order valence-corrected chi connectivity index (χ0v) is 15.5. The highest BCUT2D eigenvalue weighted by Gasteiger charge is 2.19. The van der Waals surface area contributed by atoms with Crippen LogP contribution >= 0.6 is 0 Å². The number of amides is 2. The number of aryl methyl sites for hydroxylation is 2. The van der Waals surface area contributed by atoms with Gasteiger partial charge in [-0.2, -0.15) is 0 Å². The first kappa shape index (κ1) is 19.5. The van der Waals surface area contributed by atoms with E-state index in [1.54, 1.807) is 18.2 Å². The Balaban J connectivity index is 1.73. The van der Waals surface area contributed by atoms with Crippen LogP contribution < -0.4 is 5.32 Å². The third-order valence-electron chi connectivity index (χ3n) is 4.59. The SMILES string of the molecule is Cc1[nH]c2ccc(C(=O)N(C)CC(=O)Nc3ccc(F)c(F)c3F)cc2c1C. The number of likely N-dealkylation sites (N-methyl/N-ethyl adjacent to an activating group) is 1. The van der Waals surface area contributed by atoms with Crippen LogP contribution in [0.5, 0.6) is 0 Å². The summed E-state index contributed by atoms with van der Waals surface area (Å²) in [6.07, 6.45) is 0. The van der Waals surface area contributed by atoms with Gasteiger partial charge < -0.3 is 15.2 Å². The van der Waals surface area contributed by atoms with Crippen LogP contribution in [-0.4, -0.2) is 35.3 Å². The molecule has 2 amide bonds. The number of benzene rings is 2. The van der Waals surface area contributed by atoms with E-state index in [1.807, 2.05) is 13.8 Å².